The van der Waals surface area contributed by atoms with Crippen molar-refractivity contribution >= 4 is 22.5 Å². The van der Waals surface area contributed by atoms with Gasteiger partial charge in [0.15, 0.2) is 17.1 Å². The predicted molar refractivity (Wildman–Crippen MR) is 87.3 cm³/mol. The molecule has 0 bridgehead atoms. The Hall–Kier alpha value is -2.57. The number of hydrogen-bond donors (Lipinski definition) is 1. The van der Waals surface area contributed by atoms with Crippen LogP contribution in [-0.2, 0) is 0 Å². The maximum atomic E-state index is 5.38. The lowest BCUT2D eigenvalue weighted by Crippen LogP contribution is -2.18. The Balaban J connectivity index is 1.90. The average molecular weight is 313 g/mol. The first kappa shape index (κ1) is 14.0. The summed E-state index contributed by atoms with van der Waals surface area (Å²) in [6.45, 7) is 0. The molecule has 7 nitrogen and oxygen atoms in total. The Morgan fingerprint density at radius 2 is 1.87 bits per heavy atom. The predicted octanol–water partition coefficient (Wildman–Crippen LogP) is 2.65. The number of nitrogens with zero attached hydrogens (tertiary/aromatic N) is 4. The molecule has 0 amide bonds. The van der Waals surface area contributed by atoms with Gasteiger partial charge in [-0.1, -0.05) is 12.8 Å². The molecule has 23 heavy (non-hydrogen) atoms. The second-order valence-corrected chi connectivity index (χ2v) is 5.81. The summed E-state index contributed by atoms with van der Waals surface area (Å²) < 4.78 is 12.7. The minimum Gasteiger partial charge on any atom is -0.493 e. The fraction of sp³-hybridized carbons (Fsp3) is 0.438. The van der Waals surface area contributed by atoms with Gasteiger partial charge in [-0.2, -0.15) is 0 Å². The van der Waals surface area contributed by atoms with Crippen molar-refractivity contribution in [1.82, 2.24) is 19.6 Å². The molecule has 1 N–H and O–H groups in total. The van der Waals surface area contributed by atoms with Gasteiger partial charge in [0.2, 0.25) is 5.95 Å². The van der Waals surface area contributed by atoms with Crippen LogP contribution in [0.1, 0.15) is 25.7 Å². The number of rotatable bonds is 4. The molecule has 1 aromatic carbocycles. The summed E-state index contributed by atoms with van der Waals surface area (Å²) in [5.74, 6) is 2.09. The van der Waals surface area contributed by atoms with Crippen molar-refractivity contribution in [3.05, 3.63) is 18.5 Å². The van der Waals surface area contributed by atoms with Gasteiger partial charge in [0.1, 0.15) is 6.33 Å². The van der Waals surface area contributed by atoms with E-state index in [1.54, 1.807) is 20.5 Å². The summed E-state index contributed by atoms with van der Waals surface area (Å²) in [7, 11) is 3.24. The standard InChI is InChI=1S/C16H19N5O2/c1-22-13-7-11-12(8-14(13)23-2)19-16(18-10-5-3-4-6-10)21-9-17-20-15(11)21/h7-10H,3-6H2,1-2H3,(H,18,19). The van der Waals surface area contributed by atoms with E-state index in [-0.39, 0.29) is 0 Å². The van der Waals surface area contributed by atoms with E-state index in [0.717, 1.165) is 22.5 Å². The summed E-state index contributed by atoms with van der Waals surface area (Å²) in [6, 6.07) is 4.23. The highest BCUT2D eigenvalue weighted by atomic mass is 16.5. The van der Waals surface area contributed by atoms with Crippen LogP contribution in [0.5, 0.6) is 11.5 Å². The minimum absolute atomic E-state index is 0.464. The van der Waals surface area contributed by atoms with E-state index in [1.807, 2.05) is 16.5 Å². The number of benzene rings is 1. The smallest absolute Gasteiger partial charge is 0.210 e. The van der Waals surface area contributed by atoms with Gasteiger partial charge in [-0.15, -0.1) is 10.2 Å². The fourth-order valence-electron chi connectivity index (χ4n) is 3.24. The Morgan fingerprint density at radius 3 is 2.61 bits per heavy atom. The van der Waals surface area contributed by atoms with E-state index in [9.17, 15) is 0 Å². The van der Waals surface area contributed by atoms with E-state index in [2.05, 4.69) is 15.5 Å². The van der Waals surface area contributed by atoms with Crippen LogP contribution in [0.15, 0.2) is 18.5 Å². The second kappa shape index (κ2) is 5.57. The van der Waals surface area contributed by atoms with E-state index in [4.69, 9.17) is 14.5 Å². The molecule has 3 aromatic rings. The molecule has 0 unspecified atom stereocenters. The molecular formula is C16H19N5O2. The Morgan fingerprint density at radius 1 is 1.13 bits per heavy atom. The zero-order chi connectivity index (χ0) is 15.8. The molecule has 1 aliphatic carbocycles. The molecule has 1 fully saturated rings. The average Bonchev–Trinajstić information content (AvgIpc) is 3.25. The SMILES string of the molecule is COc1cc2nc(NC3CCCC3)n3cnnc3c2cc1OC. The molecule has 1 aliphatic rings. The van der Waals surface area contributed by atoms with Crippen LogP contribution in [0.25, 0.3) is 16.6 Å². The molecule has 7 heteroatoms. The summed E-state index contributed by atoms with van der Waals surface area (Å²) in [5, 5.41) is 12.7. The minimum atomic E-state index is 0.464. The van der Waals surface area contributed by atoms with E-state index < -0.39 is 0 Å². The highest BCUT2D eigenvalue weighted by Gasteiger charge is 2.19. The first-order chi connectivity index (χ1) is 11.3. The van der Waals surface area contributed by atoms with Gasteiger partial charge in [-0.05, 0) is 18.9 Å². The van der Waals surface area contributed by atoms with Crippen LogP contribution in [-0.4, -0.2) is 39.8 Å². The largest absolute Gasteiger partial charge is 0.493 e. The van der Waals surface area contributed by atoms with Crippen LogP contribution in [0, 0.1) is 0 Å². The van der Waals surface area contributed by atoms with E-state index in [0.29, 0.717) is 17.5 Å². The number of fused-ring (bicyclic) bond motifs is 3. The lowest BCUT2D eigenvalue weighted by molar-refractivity contribution is 0.356. The number of ether oxygens (including phenoxy) is 2. The van der Waals surface area contributed by atoms with Crippen LogP contribution >= 0.6 is 0 Å². The van der Waals surface area contributed by atoms with Crippen LogP contribution in [0.2, 0.25) is 0 Å². The molecular weight excluding hydrogens is 294 g/mol. The van der Waals surface area contributed by atoms with Crippen LogP contribution in [0.3, 0.4) is 0 Å². The molecule has 2 aromatic heterocycles. The van der Waals surface area contributed by atoms with E-state index in [1.165, 1.54) is 25.7 Å². The Kier molecular flexibility index (Phi) is 3.40. The lowest BCUT2D eigenvalue weighted by Gasteiger charge is -2.15. The van der Waals surface area contributed by atoms with Crippen molar-refractivity contribution in [3.8, 4) is 11.5 Å². The molecule has 4 rings (SSSR count). The lowest BCUT2D eigenvalue weighted by atomic mass is 10.2. The van der Waals surface area contributed by atoms with Gasteiger partial charge < -0.3 is 14.8 Å². The topological polar surface area (TPSA) is 73.6 Å². The summed E-state index contributed by atoms with van der Waals surface area (Å²) in [5.41, 5.74) is 1.57. The maximum Gasteiger partial charge on any atom is 0.210 e. The van der Waals surface area contributed by atoms with Crippen molar-refractivity contribution < 1.29 is 9.47 Å². The third-order valence-corrected chi connectivity index (χ3v) is 4.43. The van der Waals surface area contributed by atoms with E-state index >= 15 is 0 Å². The van der Waals surface area contributed by atoms with Gasteiger partial charge in [0.25, 0.3) is 0 Å². The summed E-state index contributed by atoms with van der Waals surface area (Å²) >= 11 is 0. The third-order valence-electron chi connectivity index (χ3n) is 4.43. The summed E-state index contributed by atoms with van der Waals surface area (Å²) in [4.78, 5) is 4.76. The van der Waals surface area contributed by atoms with Crippen molar-refractivity contribution in [1.29, 1.82) is 0 Å². The zero-order valence-electron chi connectivity index (χ0n) is 13.2. The second-order valence-electron chi connectivity index (χ2n) is 5.81. The quantitative estimate of drug-likeness (QED) is 0.798. The highest BCUT2D eigenvalue weighted by molar-refractivity contribution is 5.94. The van der Waals surface area contributed by atoms with Gasteiger partial charge in [0, 0.05) is 17.5 Å². The number of aromatic nitrogens is 4. The molecule has 0 aliphatic heterocycles. The van der Waals surface area contributed by atoms with Gasteiger partial charge >= 0.3 is 0 Å². The molecule has 0 saturated heterocycles. The fourth-order valence-corrected chi connectivity index (χ4v) is 3.24. The maximum absolute atomic E-state index is 5.38. The first-order valence-corrected chi connectivity index (χ1v) is 7.82. The number of hydrogen-bond acceptors (Lipinski definition) is 6. The zero-order valence-corrected chi connectivity index (χ0v) is 13.2. The Labute approximate surface area is 133 Å². The van der Waals surface area contributed by atoms with Gasteiger partial charge in [-0.3, -0.25) is 4.40 Å². The number of anilines is 1. The molecule has 0 spiro atoms. The normalized spacial score (nSPS) is 15.4. The van der Waals surface area contributed by atoms with Crippen molar-refractivity contribution in [3.63, 3.8) is 0 Å². The van der Waals surface area contributed by atoms with Gasteiger partial charge in [-0.25, -0.2) is 4.98 Å². The van der Waals surface area contributed by atoms with Gasteiger partial charge in [0.05, 0.1) is 19.7 Å². The van der Waals surface area contributed by atoms with Crippen molar-refractivity contribution in [2.24, 2.45) is 0 Å². The monoisotopic (exact) mass is 313 g/mol. The van der Waals surface area contributed by atoms with Crippen LogP contribution < -0.4 is 14.8 Å². The first-order valence-electron chi connectivity index (χ1n) is 7.82. The molecule has 120 valence electrons. The van der Waals surface area contributed by atoms with Crippen LogP contribution in [0.4, 0.5) is 5.95 Å². The van der Waals surface area contributed by atoms with Crippen molar-refractivity contribution in [2.75, 3.05) is 19.5 Å². The molecule has 2 heterocycles. The van der Waals surface area contributed by atoms with Crippen molar-refractivity contribution in [2.45, 2.75) is 31.7 Å². The molecule has 0 atom stereocenters. The summed E-state index contributed by atoms with van der Waals surface area (Å²) in [6.07, 6.45) is 6.57. The number of nitrogens with one attached hydrogen (secondary N) is 1. The Bertz CT molecular complexity index is 854. The molecule has 0 radical (unpaired) electrons. The number of methoxy groups -OCH3 is 2. The highest BCUT2D eigenvalue weighted by Crippen LogP contribution is 2.34. The molecule has 1 saturated carbocycles. The third kappa shape index (κ3) is 2.32.